The second-order valence-corrected chi connectivity index (χ2v) is 8.33. The van der Waals surface area contributed by atoms with Gasteiger partial charge < -0.3 is 9.84 Å². The van der Waals surface area contributed by atoms with Gasteiger partial charge >= 0.3 is 11.9 Å². The Hall–Kier alpha value is -1.84. The Labute approximate surface area is 157 Å². The third-order valence-electron chi connectivity index (χ3n) is 5.95. The Morgan fingerprint density at radius 1 is 1.23 bits per heavy atom. The van der Waals surface area contributed by atoms with E-state index in [9.17, 15) is 14.7 Å². The number of rotatable bonds is 3. The maximum atomic E-state index is 11.7. The van der Waals surface area contributed by atoms with Crippen LogP contribution in [-0.2, 0) is 14.3 Å². The molecule has 0 heterocycles. The van der Waals surface area contributed by atoms with E-state index < -0.39 is 5.97 Å². The summed E-state index contributed by atoms with van der Waals surface area (Å²) in [6, 6.07) is 0. The highest BCUT2D eigenvalue weighted by atomic mass is 16.5. The molecule has 2 aliphatic rings. The SMILES string of the molecule is CC(=O)O[C@H]1C[C@@H]2C(C(C)C)=CC[C@@]2(C)C/C=C(/C(=O)O)CC/C=C/1C. The molecule has 0 unspecified atom stereocenters. The van der Waals surface area contributed by atoms with Crippen LogP contribution in [0, 0.1) is 17.3 Å². The number of carboxylic acids is 1. The molecule has 4 heteroatoms. The molecule has 0 aromatic heterocycles. The summed E-state index contributed by atoms with van der Waals surface area (Å²) in [6.07, 6.45) is 9.60. The van der Waals surface area contributed by atoms with Crippen LogP contribution in [0.15, 0.2) is 34.9 Å². The monoisotopic (exact) mass is 360 g/mol. The molecule has 0 aliphatic heterocycles. The number of hydrogen-bond acceptors (Lipinski definition) is 3. The van der Waals surface area contributed by atoms with E-state index in [1.165, 1.54) is 12.5 Å². The van der Waals surface area contributed by atoms with Crippen LogP contribution >= 0.6 is 0 Å². The third-order valence-corrected chi connectivity index (χ3v) is 5.95. The Kier molecular flexibility index (Phi) is 6.48. The van der Waals surface area contributed by atoms with Gasteiger partial charge in [-0.2, -0.15) is 0 Å². The summed E-state index contributed by atoms with van der Waals surface area (Å²) in [5.41, 5.74) is 2.87. The van der Waals surface area contributed by atoms with Crippen LogP contribution in [-0.4, -0.2) is 23.1 Å². The average molecular weight is 360 g/mol. The number of ether oxygens (including phenoxy) is 1. The first kappa shape index (κ1) is 20.5. The van der Waals surface area contributed by atoms with E-state index in [1.807, 2.05) is 19.1 Å². The van der Waals surface area contributed by atoms with E-state index in [4.69, 9.17) is 4.74 Å². The number of aliphatic carboxylic acids is 1. The molecule has 2 rings (SSSR count). The smallest absolute Gasteiger partial charge is 0.331 e. The molecule has 144 valence electrons. The normalized spacial score (nSPS) is 33.8. The van der Waals surface area contributed by atoms with E-state index >= 15 is 0 Å². The number of carbonyl (C=O) groups is 2. The highest BCUT2D eigenvalue weighted by Gasteiger charge is 2.42. The molecular weight excluding hydrogens is 328 g/mol. The molecular formula is C22H32O4. The minimum absolute atomic E-state index is 0.0384. The van der Waals surface area contributed by atoms with Gasteiger partial charge in [-0.3, -0.25) is 4.79 Å². The van der Waals surface area contributed by atoms with Gasteiger partial charge in [0.1, 0.15) is 6.10 Å². The van der Waals surface area contributed by atoms with Gasteiger partial charge in [0.05, 0.1) is 0 Å². The molecule has 26 heavy (non-hydrogen) atoms. The predicted molar refractivity (Wildman–Crippen MR) is 103 cm³/mol. The summed E-state index contributed by atoms with van der Waals surface area (Å²) in [6.45, 7) is 10.1. The molecule has 4 nitrogen and oxygen atoms in total. The molecule has 0 aromatic carbocycles. The standard InChI is InChI=1S/C22H32O4/c1-14(2)18-10-12-22(5)11-9-17(21(24)25)8-6-7-15(3)20(13-19(18)22)26-16(4)23/h7,9-10,14,19-20H,6,8,11-13H2,1-5H3,(H,24,25)/b15-7+,17-9+/t19-,20+,22-/m1/s1. The molecule has 0 saturated heterocycles. The van der Waals surface area contributed by atoms with E-state index in [2.05, 4.69) is 26.8 Å². The summed E-state index contributed by atoms with van der Waals surface area (Å²) >= 11 is 0. The molecule has 1 N–H and O–H groups in total. The molecule has 0 spiro atoms. The quantitative estimate of drug-likeness (QED) is 0.564. The van der Waals surface area contributed by atoms with E-state index in [0.717, 1.165) is 24.8 Å². The number of allylic oxidation sites excluding steroid dienone is 4. The van der Waals surface area contributed by atoms with Crippen LogP contribution in [0.4, 0.5) is 0 Å². The fourth-order valence-corrected chi connectivity index (χ4v) is 4.30. The first-order chi connectivity index (χ1) is 12.1. The predicted octanol–water partition coefficient (Wildman–Crippen LogP) is 5.06. The zero-order valence-electron chi connectivity index (χ0n) is 16.7. The van der Waals surface area contributed by atoms with Gasteiger partial charge in [-0.15, -0.1) is 0 Å². The molecule has 3 atom stereocenters. The van der Waals surface area contributed by atoms with Crippen molar-refractivity contribution >= 4 is 11.9 Å². The van der Waals surface area contributed by atoms with E-state index in [1.54, 1.807) is 0 Å². The average Bonchev–Trinajstić information content (AvgIpc) is 2.85. The number of carboxylic acid groups (broad SMARTS) is 1. The molecule has 0 saturated carbocycles. The van der Waals surface area contributed by atoms with Gasteiger partial charge in [0.15, 0.2) is 0 Å². The van der Waals surface area contributed by atoms with Crippen molar-refractivity contribution in [2.45, 2.75) is 72.8 Å². The van der Waals surface area contributed by atoms with Crippen molar-refractivity contribution in [2.75, 3.05) is 0 Å². The first-order valence-corrected chi connectivity index (χ1v) is 9.60. The Morgan fingerprint density at radius 2 is 1.88 bits per heavy atom. The van der Waals surface area contributed by atoms with Crippen LogP contribution in [0.1, 0.15) is 66.7 Å². The van der Waals surface area contributed by atoms with Crippen molar-refractivity contribution in [2.24, 2.45) is 17.3 Å². The summed E-state index contributed by atoms with van der Waals surface area (Å²) < 4.78 is 5.66. The minimum atomic E-state index is -0.831. The maximum Gasteiger partial charge on any atom is 0.331 e. The number of carbonyl (C=O) groups excluding carboxylic acids is 1. The first-order valence-electron chi connectivity index (χ1n) is 9.60. The Bertz CT molecular complexity index is 653. The zero-order valence-corrected chi connectivity index (χ0v) is 16.7. The lowest BCUT2D eigenvalue weighted by Crippen LogP contribution is -2.31. The van der Waals surface area contributed by atoms with Crippen molar-refractivity contribution in [3.63, 3.8) is 0 Å². The fourth-order valence-electron chi connectivity index (χ4n) is 4.30. The van der Waals surface area contributed by atoms with Gasteiger partial charge in [0, 0.05) is 12.5 Å². The van der Waals surface area contributed by atoms with Gasteiger partial charge in [0.25, 0.3) is 0 Å². The molecule has 0 bridgehead atoms. The molecule has 0 amide bonds. The van der Waals surface area contributed by atoms with Gasteiger partial charge in [-0.1, -0.05) is 44.6 Å². The highest BCUT2D eigenvalue weighted by molar-refractivity contribution is 5.86. The molecule has 0 fully saturated rings. The summed E-state index contributed by atoms with van der Waals surface area (Å²) in [4.78, 5) is 23.2. The van der Waals surface area contributed by atoms with Crippen LogP contribution in [0.2, 0.25) is 0 Å². The third kappa shape index (κ3) is 4.66. The van der Waals surface area contributed by atoms with Crippen molar-refractivity contribution in [1.82, 2.24) is 0 Å². The van der Waals surface area contributed by atoms with Crippen LogP contribution in [0.3, 0.4) is 0 Å². The fraction of sp³-hybridized carbons (Fsp3) is 0.636. The Morgan fingerprint density at radius 3 is 2.46 bits per heavy atom. The van der Waals surface area contributed by atoms with Crippen molar-refractivity contribution in [3.05, 3.63) is 34.9 Å². The summed E-state index contributed by atoms with van der Waals surface area (Å²) in [7, 11) is 0. The van der Waals surface area contributed by atoms with Crippen LogP contribution in [0.25, 0.3) is 0 Å². The lowest BCUT2D eigenvalue weighted by atomic mass is 9.69. The van der Waals surface area contributed by atoms with Crippen molar-refractivity contribution in [3.8, 4) is 0 Å². The lowest BCUT2D eigenvalue weighted by Gasteiger charge is -2.36. The molecule has 2 aliphatic carbocycles. The number of fused-ring (bicyclic) bond motifs is 1. The maximum absolute atomic E-state index is 11.7. The topological polar surface area (TPSA) is 63.6 Å². The van der Waals surface area contributed by atoms with E-state index in [-0.39, 0.29) is 23.4 Å². The van der Waals surface area contributed by atoms with Gasteiger partial charge in [-0.05, 0) is 61.9 Å². The highest BCUT2D eigenvalue weighted by Crippen LogP contribution is 2.51. The summed E-state index contributed by atoms with van der Waals surface area (Å²) in [5, 5.41) is 9.52. The number of hydrogen-bond donors (Lipinski definition) is 1. The van der Waals surface area contributed by atoms with E-state index in [0.29, 0.717) is 24.3 Å². The van der Waals surface area contributed by atoms with Crippen LogP contribution in [0.5, 0.6) is 0 Å². The van der Waals surface area contributed by atoms with Crippen LogP contribution < -0.4 is 0 Å². The Balaban J connectivity index is 2.44. The second-order valence-electron chi connectivity index (χ2n) is 8.33. The summed E-state index contributed by atoms with van der Waals surface area (Å²) in [5.74, 6) is -0.393. The van der Waals surface area contributed by atoms with Crippen molar-refractivity contribution < 1.29 is 19.4 Å². The second kappa shape index (κ2) is 8.24. The molecule has 0 aromatic rings. The largest absolute Gasteiger partial charge is 0.478 e. The minimum Gasteiger partial charge on any atom is -0.478 e. The molecule has 0 radical (unpaired) electrons. The van der Waals surface area contributed by atoms with Crippen molar-refractivity contribution in [1.29, 1.82) is 0 Å². The number of esters is 1. The lowest BCUT2D eigenvalue weighted by molar-refractivity contribution is -0.145. The van der Waals surface area contributed by atoms with Gasteiger partial charge in [0.2, 0.25) is 0 Å². The zero-order chi connectivity index (χ0) is 19.5. The van der Waals surface area contributed by atoms with Gasteiger partial charge in [-0.25, -0.2) is 4.79 Å².